The van der Waals surface area contributed by atoms with Crippen molar-refractivity contribution in [2.45, 2.75) is 109 Å². The van der Waals surface area contributed by atoms with Gasteiger partial charge in [0, 0.05) is 0 Å². The van der Waals surface area contributed by atoms with E-state index in [2.05, 4.69) is 13.0 Å². The van der Waals surface area contributed by atoms with E-state index in [1.807, 2.05) is 6.08 Å². The Balaban J connectivity index is 3.20. The number of unbranched alkanes of at least 4 members (excludes halogenated alkanes) is 12. The van der Waals surface area contributed by atoms with Crippen LogP contribution in [-0.2, 0) is 10.1 Å². The Bertz CT molecular complexity index is 404. The summed E-state index contributed by atoms with van der Waals surface area (Å²) in [6, 6.07) is 0. The second-order valence-electron chi connectivity index (χ2n) is 7.10. The first-order chi connectivity index (χ1) is 12.0. The molecular weight excluding hydrogens is 336 g/mol. The smallest absolute Gasteiger partial charge is 0.264 e. The van der Waals surface area contributed by atoms with Gasteiger partial charge in [0.25, 0.3) is 10.1 Å². The number of aliphatic hydroxyl groups is 1. The summed E-state index contributed by atoms with van der Waals surface area (Å²) in [5.74, 6) is -0.0973. The summed E-state index contributed by atoms with van der Waals surface area (Å²) in [6.45, 7) is 2.14. The lowest BCUT2D eigenvalue weighted by atomic mass is 10.0. The van der Waals surface area contributed by atoms with E-state index < -0.39 is 10.1 Å². The zero-order valence-electron chi connectivity index (χ0n) is 16.2. The fourth-order valence-electron chi connectivity index (χ4n) is 2.90. The van der Waals surface area contributed by atoms with Crippen LogP contribution in [0, 0.1) is 0 Å². The van der Waals surface area contributed by atoms with Crippen molar-refractivity contribution in [2.24, 2.45) is 0 Å². The highest BCUT2D eigenvalue weighted by Gasteiger charge is 2.02. The molecule has 0 saturated carbocycles. The molecular formula is C20H40O4S. The molecule has 0 radical (unpaired) electrons. The van der Waals surface area contributed by atoms with Gasteiger partial charge in [-0.1, -0.05) is 89.7 Å². The van der Waals surface area contributed by atoms with Crippen molar-refractivity contribution < 1.29 is 18.1 Å². The predicted octanol–water partition coefficient (Wildman–Crippen LogP) is 5.66. The molecule has 25 heavy (non-hydrogen) atoms. The summed E-state index contributed by atoms with van der Waals surface area (Å²) in [5, 5.41) is 9.68. The van der Waals surface area contributed by atoms with Crippen LogP contribution in [0.4, 0.5) is 0 Å². The minimum Gasteiger partial charge on any atom is -0.389 e. The molecule has 5 heteroatoms. The van der Waals surface area contributed by atoms with Crippen molar-refractivity contribution in [1.29, 1.82) is 0 Å². The molecule has 0 rings (SSSR count). The van der Waals surface area contributed by atoms with Gasteiger partial charge in [0.15, 0.2) is 0 Å². The molecule has 0 aromatic carbocycles. The van der Waals surface area contributed by atoms with Crippen LogP contribution in [0.25, 0.3) is 0 Å². The first-order valence-electron chi connectivity index (χ1n) is 10.3. The van der Waals surface area contributed by atoms with E-state index in [0.29, 0.717) is 6.42 Å². The Morgan fingerprint density at radius 1 is 0.800 bits per heavy atom. The molecule has 0 bridgehead atoms. The summed E-state index contributed by atoms with van der Waals surface area (Å²) in [6.07, 6.45) is 20.5. The van der Waals surface area contributed by atoms with E-state index in [4.69, 9.17) is 4.55 Å². The molecule has 0 fully saturated rings. The second-order valence-corrected chi connectivity index (χ2v) is 8.67. The van der Waals surface area contributed by atoms with E-state index >= 15 is 0 Å². The van der Waals surface area contributed by atoms with Crippen molar-refractivity contribution in [3.05, 3.63) is 12.2 Å². The maximum absolute atomic E-state index is 10.6. The molecule has 0 aliphatic carbocycles. The van der Waals surface area contributed by atoms with Crippen molar-refractivity contribution >= 4 is 10.1 Å². The SMILES string of the molecule is CCCC[C@@H](O)/C=C\CCCCCCCCCCCCCS(=O)(=O)O. The normalized spacial score (nSPS) is 13.6. The lowest BCUT2D eigenvalue weighted by molar-refractivity contribution is 0.209. The van der Waals surface area contributed by atoms with E-state index in [1.165, 1.54) is 44.9 Å². The van der Waals surface area contributed by atoms with Gasteiger partial charge >= 0.3 is 0 Å². The third kappa shape index (κ3) is 21.6. The summed E-state index contributed by atoms with van der Waals surface area (Å²) < 4.78 is 29.7. The Morgan fingerprint density at radius 3 is 1.76 bits per heavy atom. The summed E-state index contributed by atoms with van der Waals surface area (Å²) >= 11 is 0. The highest BCUT2D eigenvalue weighted by Crippen LogP contribution is 2.12. The van der Waals surface area contributed by atoms with Crippen LogP contribution in [0.1, 0.15) is 103 Å². The number of rotatable bonds is 18. The highest BCUT2D eigenvalue weighted by molar-refractivity contribution is 7.85. The third-order valence-corrected chi connectivity index (χ3v) is 5.29. The quantitative estimate of drug-likeness (QED) is 0.184. The standard InChI is InChI=1S/C20H40O4S/c1-2-3-17-20(21)18-15-13-11-9-7-5-4-6-8-10-12-14-16-19-25(22,23)24/h15,18,20-21H,2-14,16-17,19H2,1H3,(H,22,23,24)/b18-15-/t20-/m1/s1. The fraction of sp³-hybridized carbons (Fsp3) is 0.900. The maximum atomic E-state index is 10.6. The van der Waals surface area contributed by atoms with Crippen molar-refractivity contribution in [3.63, 3.8) is 0 Å². The minimum absolute atomic E-state index is 0.0973. The zero-order chi connectivity index (χ0) is 18.8. The number of allylic oxidation sites excluding steroid dienone is 1. The van der Waals surface area contributed by atoms with Crippen LogP contribution in [-0.4, -0.2) is 29.9 Å². The molecule has 150 valence electrons. The monoisotopic (exact) mass is 376 g/mol. The van der Waals surface area contributed by atoms with Crippen molar-refractivity contribution in [2.75, 3.05) is 5.75 Å². The largest absolute Gasteiger partial charge is 0.389 e. The Hall–Kier alpha value is -0.390. The minimum atomic E-state index is -3.77. The van der Waals surface area contributed by atoms with Gasteiger partial charge in [-0.25, -0.2) is 0 Å². The van der Waals surface area contributed by atoms with Gasteiger partial charge < -0.3 is 5.11 Å². The van der Waals surface area contributed by atoms with Crippen molar-refractivity contribution in [1.82, 2.24) is 0 Å². The average molecular weight is 377 g/mol. The highest BCUT2D eigenvalue weighted by atomic mass is 32.2. The molecule has 4 nitrogen and oxygen atoms in total. The Kier molecular flexibility index (Phi) is 16.8. The molecule has 0 amide bonds. The van der Waals surface area contributed by atoms with Crippen LogP contribution in [0.3, 0.4) is 0 Å². The molecule has 0 aromatic heterocycles. The van der Waals surface area contributed by atoms with E-state index in [-0.39, 0.29) is 11.9 Å². The van der Waals surface area contributed by atoms with Crippen LogP contribution in [0.15, 0.2) is 12.2 Å². The van der Waals surface area contributed by atoms with Gasteiger partial charge in [0.05, 0.1) is 11.9 Å². The van der Waals surface area contributed by atoms with Crippen LogP contribution < -0.4 is 0 Å². The van der Waals surface area contributed by atoms with Gasteiger partial charge in [-0.3, -0.25) is 4.55 Å². The molecule has 2 N–H and O–H groups in total. The number of aliphatic hydroxyl groups excluding tert-OH is 1. The van der Waals surface area contributed by atoms with E-state index in [1.54, 1.807) is 0 Å². The Morgan fingerprint density at radius 2 is 1.28 bits per heavy atom. The molecule has 0 aliphatic heterocycles. The predicted molar refractivity (Wildman–Crippen MR) is 106 cm³/mol. The fourth-order valence-corrected chi connectivity index (χ4v) is 3.47. The Labute approximate surface area is 155 Å². The van der Waals surface area contributed by atoms with Gasteiger partial charge in [0.1, 0.15) is 0 Å². The van der Waals surface area contributed by atoms with Gasteiger partial charge in [-0.15, -0.1) is 0 Å². The van der Waals surface area contributed by atoms with Gasteiger partial charge in [-0.05, 0) is 25.7 Å². The topological polar surface area (TPSA) is 74.6 Å². The van der Waals surface area contributed by atoms with Gasteiger partial charge in [0.2, 0.25) is 0 Å². The molecule has 0 aromatic rings. The summed E-state index contributed by atoms with van der Waals surface area (Å²) in [7, 11) is -3.77. The van der Waals surface area contributed by atoms with Gasteiger partial charge in [-0.2, -0.15) is 8.42 Å². The van der Waals surface area contributed by atoms with Crippen LogP contribution in [0.2, 0.25) is 0 Å². The maximum Gasteiger partial charge on any atom is 0.264 e. The first kappa shape index (κ1) is 24.6. The van der Waals surface area contributed by atoms with Crippen molar-refractivity contribution in [3.8, 4) is 0 Å². The molecule has 0 aliphatic rings. The summed E-state index contributed by atoms with van der Waals surface area (Å²) in [4.78, 5) is 0. The van der Waals surface area contributed by atoms with E-state index in [0.717, 1.165) is 44.9 Å². The summed E-state index contributed by atoms with van der Waals surface area (Å²) in [5.41, 5.74) is 0. The molecule has 0 spiro atoms. The lowest BCUT2D eigenvalue weighted by Gasteiger charge is -2.04. The van der Waals surface area contributed by atoms with E-state index in [9.17, 15) is 13.5 Å². The molecule has 0 unspecified atom stereocenters. The lowest BCUT2D eigenvalue weighted by Crippen LogP contribution is -2.03. The number of hydrogen-bond donors (Lipinski definition) is 2. The average Bonchev–Trinajstić information content (AvgIpc) is 2.55. The molecule has 1 atom stereocenters. The van der Waals surface area contributed by atoms with Crippen LogP contribution in [0.5, 0.6) is 0 Å². The zero-order valence-corrected chi connectivity index (χ0v) is 17.0. The third-order valence-electron chi connectivity index (χ3n) is 4.48. The number of hydrogen-bond acceptors (Lipinski definition) is 3. The van der Waals surface area contributed by atoms with Crippen LogP contribution >= 0.6 is 0 Å². The molecule has 0 saturated heterocycles. The first-order valence-corrected chi connectivity index (χ1v) is 11.9. The molecule has 0 heterocycles. The second kappa shape index (κ2) is 17.0.